The van der Waals surface area contributed by atoms with Gasteiger partial charge in [-0.2, -0.15) is 5.10 Å². The lowest BCUT2D eigenvalue weighted by atomic mass is 10.2. The van der Waals surface area contributed by atoms with Crippen LogP contribution in [0.1, 0.15) is 16.2 Å². The molecular formula is C18H15ClN4O2. The molecule has 4 rings (SSSR count). The molecule has 7 heteroatoms. The molecule has 0 fully saturated rings. The van der Waals surface area contributed by atoms with Gasteiger partial charge < -0.3 is 10.1 Å². The molecule has 0 unspecified atom stereocenters. The second-order valence-corrected chi connectivity index (χ2v) is 6.23. The van der Waals surface area contributed by atoms with Crippen LogP contribution in [0.15, 0.2) is 54.9 Å². The Morgan fingerprint density at radius 1 is 1.24 bits per heavy atom. The lowest BCUT2D eigenvalue weighted by Gasteiger charge is -2.12. The van der Waals surface area contributed by atoms with Crippen LogP contribution in [0.2, 0.25) is 5.02 Å². The SMILES string of the molecule is O=C(Nc1cccc(Cl)c1)c1cc2n(n1)C[C@@H](Oc1ccncc1)C2. The molecule has 25 heavy (non-hydrogen) atoms. The van der Waals surface area contributed by atoms with E-state index in [4.69, 9.17) is 16.3 Å². The van der Waals surface area contributed by atoms with Crippen LogP contribution in [0.25, 0.3) is 0 Å². The number of hydrogen-bond acceptors (Lipinski definition) is 4. The first-order valence-electron chi connectivity index (χ1n) is 7.88. The van der Waals surface area contributed by atoms with Crippen LogP contribution < -0.4 is 10.1 Å². The van der Waals surface area contributed by atoms with E-state index < -0.39 is 0 Å². The van der Waals surface area contributed by atoms with E-state index in [1.165, 1.54) is 0 Å². The second kappa shape index (κ2) is 6.57. The highest BCUT2D eigenvalue weighted by Crippen LogP contribution is 2.22. The summed E-state index contributed by atoms with van der Waals surface area (Å²) in [6.45, 7) is 0.613. The number of rotatable bonds is 4. The number of hydrogen-bond donors (Lipinski definition) is 1. The fourth-order valence-electron chi connectivity index (χ4n) is 2.83. The highest BCUT2D eigenvalue weighted by atomic mass is 35.5. The number of ether oxygens (including phenoxy) is 1. The van der Waals surface area contributed by atoms with E-state index in [0.29, 0.717) is 29.4 Å². The molecule has 126 valence electrons. The molecule has 6 nitrogen and oxygen atoms in total. The van der Waals surface area contributed by atoms with E-state index in [1.54, 1.807) is 42.7 Å². The smallest absolute Gasteiger partial charge is 0.276 e. The van der Waals surface area contributed by atoms with Crippen LogP contribution in [0, 0.1) is 0 Å². The number of amides is 1. The topological polar surface area (TPSA) is 69.0 Å². The van der Waals surface area contributed by atoms with Gasteiger partial charge in [0.1, 0.15) is 11.9 Å². The number of nitrogens with one attached hydrogen (secondary N) is 1. The number of carbonyl (C=O) groups is 1. The Labute approximate surface area is 149 Å². The molecule has 3 heterocycles. The summed E-state index contributed by atoms with van der Waals surface area (Å²) in [5, 5.41) is 7.75. The molecule has 0 saturated carbocycles. The molecule has 1 amide bonds. The van der Waals surface area contributed by atoms with Crippen molar-refractivity contribution >= 4 is 23.2 Å². The summed E-state index contributed by atoms with van der Waals surface area (Å²) in [7, 11) is 0. The largest absolute Gasteiger partial charge is 0.488 e. The van der Waals surface area contributed by atoms with Gasteiger partial charge in [0.15, 0.2) is 5.69 Å². The Kier molecular flexibility index (Phi) is 4.11. The Hall–Kier alpha value is -2.86. The molecule has 1 aromatic carbocycles. The minimum absolute atomic E-state index is 0.00920. The zero-order valence-electron chi connectivity index (χ0n) is 13.2. The number of aromatic nitrogens is 3. The molecule has 0 aliphatic carbocycles. The highest BCUT2D eigenvalue weighted by molar-refractivity contribution is 6.30. The van der Waals surface area contributed by atoms with Gasteiger partial charge >= 0.3 is 0 Å². The number of fused-ring (bicyclic) bond motifs is 1. The summed E-state index contributed by atoms with van der Waals surface area (Å²) >= 11 is 5.93. The van der Waals surface area contributed by atoms with E-state index in [2.05, 4.69) is 15.4 Å². The van der Waals surface area contributed by atoms with Crippen molar-refractivity contribution in [1.82, 2.24) is 14.8 Å². The van der Waals surface area contributed by atoms with Crippen LogP contribution in [-0.2, 0) is 13.0 Å². The number of nitrogens with zero attached hydrogens (tertiary/aromatic N) is 3. The highest BCUT2D eigenvalue weighted by Gasteiger charge is 2.26. The van der Waals surface area contributed by atoms with Gasteiger partial charge in [-0.05, 0) is 36.4 Å². The van der Waals surface area contributed by atoms with Gasteiger partial charge in [0, 0.05) is 35.2 Å². The Morgan fingerprint density at radius 2 is 2.08 bits per heavy atom. The van der Waals surface area contributed by atoms with Crippen LogP contribution >= 0.6 is 11.6 Å². The van der Waals surface area contributed by atoms with Crippen LogP contribution in [-0.4, -0.2) is 26.8 Å². The molecule has 1 N–H and O–H groups in total. The van der Waals surface area contributed by atoms with E-state index in [1.807, 2.05) is 16.8 Å². The Bertz CT molecular complexity index is 887. The lowest BCUT2D eigenvalue weighted by molar-refractivity contribution is 0.102. The summed E-state index contributed by atoms with van der Waals surface area (Å²) in [4.78, 5) is 16.3. The van der Waals surface area contributed by atoms with Crippen molar-refractivity contribution in [2.45, 2.75) is 19.1 Å². The fourth-order valence-corrected chi connectivity index (χ4v) is 3.02. The van der Waals surface area contributed by atoms with Crippen molar-refractivity contribution in [3.8, 4) is 5.75 Å². The number of anilines is 1. The molecule has 1 atom stereocenters. The zero-order chi connectivity index (χ0) is 17.2. The average molecular weight is 355 g/mol. The number of carbonyl (C=O) groups excluding carboxylic acids is 1. The van der Waals surface area contributed by atoms with E-state index in [9.17, 15) is 4.79 Å². The first kappa shape index (κ1) is 15.7. The van der Waals surface area contributed by atoms with Crippen molar-refractivity contribution < 1.29 is 9.53 Å². The maximum absolute atomic E-state index is 12.3. The Morgan fingerprint density at radius 3 is 2.84 bits per heavy atom. The molecule has 0 spiro atoms. The zero-order valence-corrected chi connectivity index (χ0v) is 14.0. The van der Waals surface area contributed by atoms with E-state index in [-0.39, 0.29) is 12.0 Å². The number of halogens is 1. The van der Waals surface area contributed by atoms with E-state index >= 15 is 0 Å². The summed E-state index contributed by atoms with van der Waals surface area (Å²) < 4.78 is 7.73. The van der Waals surface area contributed by atoms with Gasteiger partial charge in [-0.1, -0.05) is 17.7 Å². The molecule has 3 aromatic rings. The standard InChI is InChI=1S/C18H15ClN4O2/c19-12-2-1-3-13(8-12)21-18(24)17-10-14-9-16(11-23(14)22-17)25-15-4-6-20-7-5-15/h1-8,10,16H,9,11H2,(H,21,24)/t16-/m0/s1. The molecule has 0 saturated heterocycles. The van der Waals surface area contributed by atoms with Crippen molar-refractivity contribution in [1.29, 1.82) is 0 Å². The summed E-state index contributed by atoms with van der Waals surface area (Å²) in [6, 6.07) is 12.5. The van der Waals surface area contributed by atoms with Gasteiger partial charge in [0.05, 0.1) is 6.54 Å². The summed E-state index contributed by atoms with van der Waals surface area (Å²) in [5.41, 5.74) is 2.01. The minimum atomic E-state index is -0.254. The summed E-state index contributed by atoms with van der Waals surface area (Å²) in [5.74, 6) is 0.528. The van der Waals surface area contributed by atoms with Gasteiger partial charge in [-0.25, -0.2) is 0 Å². The number of pyridine rings is 1. The first-order chi connectivity index (χ1) is 12.2. The first-order valence-corrected chi connectivity index (χ1v) is 8.25. The van der Waals surface area contributed by atoms with Crippen LogP contribution in [0.4, 0.5) is 5.69 Å². The monoisotopic (exact) mass is 354 g/mol. The second-order valence-electron chi connectivity index (χ2n) is 5.79. The lowest BCUT2D eigenvalue weighted by Crippen LogP contribution is -2.19. The predicted octanol–water partition coefficient (Wildman–Crippen LogP) is 3.19. The average Bonchev–Trinajstić information content (AvgIpc) is 3.14. The van der Waals surface area contributed by atoms with Crippen LogP contribution in [0.5, 0.6) is 5.75 Å². The van der Waals surface area contributed by atoms with Crippen molar-refractivity contribution in [3.05, 3.63) is 71.3 Å². The maximum atomic E-state index is 12.3. The van der Waals surface area contributed by atoms with Gasteiger partial charge in [0.25, 0.3) is 5.91 Å². The third-order valence-corrected chi connectivity index (χ3v) is 4.18. The van der Waals surface area contributed by atoms with Crippen molar-refractivity contribution in [2.75, 3.05) is 5.32 Å². The quantitative estimate of drug-likeness (QED) is 0.781. The van der Waals surface area contributed by atoms with Crippen molar-refractivity contribution in [3.63, 3.8) is 0 Å². The molecule has 2 aromatic heterocycles. The Balaban J connectivity index is 1.41. The van der Waals surface area contributed by atoms with E-state index in [0.717, 1.165) is 11.4 Å². The molecule has 0 radical (unpaired) electrons. The molecular weight excluding hydrogens is 340 g/mol. The minimum Gasteiger partial charge on any atom is -0.488 e. The maximum Gasteiger partial charge on any atom is 0.276 e. The van der Waals surface area contributed by atoms with Gasteiger partial charge in [-0.3, -0.25) is 14.5 Å². The third kappa shape index (κ3) is 3.49. The normalized spacial score (nSPS) is 15.6. The van der Waals surface area contributed by atoms with Gasteiger partial charge in [-0.15, -0.1) is 0 Å². The fraction of sp³-hybridized carbons (Fsp3) is 0.167. The molecule has 1 aliphatic heterocycles. The summed E-state index contributed by atoms with van der Waals surface area (Å²) in [6.07, 6.45) is 4.11. The molecule has 0 bridgehead atoms. The number of benzene rings is 1. The van der Waals surface area contributed by atoms with Crippen molar-refractivity contribution in [2.24, 2.45) is 0 Å². The van der Waals surface area contributed by atoms with Gasteiger partial charge in [0.2, 0.25) is 0 Å². The molecule has 1 aliphatic rings. The third-order valence-electron chi connectivity index (χ3n) is 3.94. The van der Waals surface area contributed by atoms with Crippen LogP contribution in [0.3, 0.4) is 0 Å². The predicted molar refractivity (Wildman–Crippen MR) is 94.0 cm³/mol.